The molecule has 0 radical (unpaired) electrons. The lowest BCUT2D eigenvalue weighted by Gasteiger charge is -2.19. The number of hydrogen-bond donors (Lipinski definition) is 1. The summed E-state index contributed by atoms with van der Waals surface area (Å²) in [6.45, 7) is -0.282. The predicted octanol–water partition coefficient (Wildman–Crippen LogP) is 3.21. The second-order valence-corrected chi connectivity index (χ2v) is 8.28. The van der Waals surface area contributed by atoms with Crippen LogP contribution in [0.4, 0.5) is 0 Å². The number of carbonyl (C=O) groups excluding carboxylic acids is 2. The van der Waals surface area contributed by atoms with Crippen LogP contribution in [0, 0.1) is 0 Å². The number of carbonyl (C=O) groups is 2. The van der Waals surface area contributed by atoms with Crippen molar-refractivity contribution in [1.29, 1.82) is 0 Å². The minimum absolute atomic E-state index is 0.00447. The first-order valence-electron chi connectivity index (χ1n) is 10.2. The van der Waals surface area contributed by atoms with Crippen LogP contribution in [0.15, 0.2) is 70.4 Å². The number of halogens is 2. The summed E-state index contributed by atoms with van der Waals surface area (Å²) in [5.74, 6) is -1.30. The van der Waals surface area contributed by atoms with Crippen LogP contribution < -0.4 is 11.2 Å². The van der Waals surface area contributed by atoms with Gasteiger partial charge in [-0.05, 0) is 48.5 Å². The van der Waals surface area contributed by atoms with Crippen molar-refractivity contribution in [1.82, 2.24) is 9.55 Å². The molecule has 1 fully saturated rings. The molecule has 2 aromatic carbocycles. The number of benzene rings is 2. The molecule has 4 rings (SSSR count). The molecular formula is C23H18Cl2N2O7. The third-order valence-electron chi connectivity index (χ3n) is 5.15. The van der Waals surface area contributed by atoms with Gasteiger partial charge in [0.05, 0.1) is 11.1 Å². The molecule has 0 saturated carbocycles. The number of rotatable bonds is 6. The van der Waals surface area contributed by atoms with Crippen LogP contribution in [-0.4, -0.2) is 40.3 Å². The quantitative estimate of drug-likeness (QED) is 0.512. The number of esters is 2. The van der Waals surface area contributed by atoms with Crippen molar-refractivity contribution >= 4 is 35.1 Å². The highest BCUT2D eigenvalue weighted by Gasteiger charge is 2.41. The van der Waals surface area contributed by atoms with Gasteiger partial charge in [0, 0.05) is 28.7 Å². The topological polar surface area (TPSA) is 117 Å². The Morgan fingerprint density at radius 1 is 0.941 bits per heavy atom. The Kier molecular flexibility index (Phi) is 7.16. The van der Waals surface area contributed by atoms with Gasteiger partial charge in [0.25, 0.3) is 5.56 Å². The average molecular weight is 505 g/mol. The third-order valence-corrected chi connectivity index (χ3v) is 5.66. The molecule has 0 aliphatic carbocycles. The fourth-order valence-corrected chi connectivity index (χ4v) is 3.71. The lowest BCUT2D eigenvalue weighted by Crippen LogP contribution is -2.37. The van der Waals surface area contributed by atoms with Crippen LogP contribution in [0.5, 0.6) is 0 Å². The summed E-state index contributed by atoms with van der Waals surface area (Å²) >= 11 is 11.7. The van der Waals surface area contributed by atoms with E-state index in [0.717, 1.165) is 4.57 Å². The van der Waals surface area contributed by atoms with Gasteiger partial charge in [-0.3, -0.25) is 4.79 Å². The molecule has 1 aliphatic rings. The summed E-state index contributed by atoms with van der Waals surface area (Å²) in [5.41, 5.74) is -0.752. The first kappa shape index (κ1) is 23.7. The van der Waals surface area contributed by atoms with E-state index in [-0.39, 0.29) is 24.2 Å². The molecule has 1 aromatic heterocycles. The average Bonchev–Trinajstić information content (AvgIpc) is 3.20. The van der Waals surface area contributed by atoms with E-state index >= 15 is 0 Å². The van der Waals surface area contributed by atoms with Crippen LogP contribution in [0.1, 0.15) is 33.4 Å². The van der Waals surface area contributed by atoms with Crippen molar-refractivity contribution in [2.24, 2.45) is 0 Å². The Morgan fingerprint density at radius 2 is 1.53 bits per heavy atom. The number of hydrogen-bond acceptors (Lipinski definition) is 7. The van der Waals surface area contributed by atoms with Gasteiger partial charge in [0.15, 0.2) is 0 Å². The van der Waals surface area contributed by atoms with Gasteiger partial charge in [-0.25, -0.2) is 19.0 Å². The zero-order chi connectivity index (χ0) is 24.2. The maximum absolute atomic E-state index is 12.6. The van der Waals surface area contributed by atoms with E-state index in [4.69, 9.17) is 37.4 Å². The predicted molar refractivity (Wildman–Crippen MR) is 122 cm³/mol. The molecule has 0 spiro atoms. The van der Waals surface area contributed by atoms with Gasteiger partial charge in [0.1, 0.15) is 25.0 Å². The maximum atomic E-state index is 12.6. The highest BCUT2D eigenvalue weighted by molar-refractivity contribution is 6.31. The molecule has 2 unspecified atom stereocenters. The van der Waals surface area contributed by atoms with Crippen LogP contribution in [0.25, 0.3) is 0 Å². The van der Waals surface area contributed by atoms with Crippen molar-refractivity contribution in [3.05, 3.63) is 103 Å². The van der Waals surface area contributed by atoms with Crippen molar-refractivity contribution in [3.63, 3.8) is 0 Å². The number of H-pyrrole nitrogens is 1. The minimum Gasteiger partial charge on any atom is -0.459 e. The normalized spacial score (nSPS) is 19.5. The Labute approximate surface area is 202 Å². The third kappa shape index (κ3) is 5.39. The van der Waals surface area contributed by atoms with Crippen molar-refractivity contribution in [2.45, 2.75) is 24.9 Å². The van der Waals surface area contributed by atoms with E-state index < -0.39 is 41.6 Å². The molecule has 1 aliphatic heterocycles. The molecule has 176 valence electrons. The zero-order valence-corrected chi connectivity index (χ0v) is 19.0. The molecule has 3 aromatic rings. The molecule has 1 N–H and O–H groups in total. The summed E-state index contributed by atoms with van der Waals surface area (Å²) < 4.78 is 17.6. The standard InChI is InChI=1S/C23H18Cl2N2O7/c24-15-5-1-13(2-6-15)21(29)32-12-18-17(34-22(30)14-3-7-16(25)8-4-14)11-20(33-18)27-19(28)9-10-26-23(27)31/h1-10,17-18,20H,11-12H2,(H,26,31)/t17?,18-,20?/m1/s1. The van der Waals surface area contributed by atoms with Gasteiger partial charge in [-0.1, -0.05) is 23.2 Å². The lowest BCUT2D eigenvalue weighted by atomic mass is 10.1. The SMILES string of the molecule is O=C(OC[C@H]1OC(n2c(=O)cc[nH]c2=O)CC1OC(=O)c1ccc(Cl)cc1)c1ccc(Cl)cc1. The summed E-state index contributed by atoms with van der Waals surface area (Å²) in [7, 11) is 0. The van der Waals surface area contributed by atoms with E-state index in [1.165, 1.54) is 36.5 Å². The molecule has 9 nitrogen and oxygen atoms in total. The number of nitrogens with one attached hydrogen (secondary N) is 1. The smallest absolute Gasteiger partial charge is 0.338 e. The first-order valence-corrected chi connectivity index (χ1v) is 10.9. The first-order chi connectivity index (χ1) is 16.3. The van der Waals surface area contributed by atoms with Gasteiger partial charge in [-0.15, -0.1) is 0 Å². The molecule has 1 saturated heterocycles. The maximum Gasteiger partial charge on any atom is 0.338 e. The number of aromatic nitrogens is 2. The number of ether oxygens (including phenoxy) is 3. The summed E-state index contributed by atoms with van der Waals surface area (Å²) in [4.78, 5) is 51.9. The lowest BCUT2D eigenvalue weighted by molar-refractivity contribution is -0.0589. The van der Waals surface area contributed by atoms with Crippen molar-refractivity contribution in [3.8, 4) is 0 Å². The van der Waals surface area contributed by atoms with Gasteiger partial charge in [0.2, 0.25) is 0 Å². The van der Waals surface area contributed by atoms with E-state index in [1.807, 2.05) is 0 Å². The van der Waals surface area contributed by atoms with E-state index in [9.17, 15) is 19.2 Å². The molecular weight excluding hydrogens is 487 g/mol. The molecule has 0 bridgehead atoms. The second kappa shape index (κ2) is 10.3. The number of aromatic amines is 1. The van der Waals surface area contributed by atoms with E-state index in [0.29, 0.717) is 10.0 Å². The number of nitrogens with zero attached hydrogens (tertiary/aromatic N) is 1. The Morgan fingerprint density at radius 3 is 2.12 bits per heavy atom. The van der Waals surface area contributed by atoms with Crippen LogP contribution in [-0.2, 0) is 14.2 Å². The highest BCUT2D eigenvalue weighted by Crippen LogP contribution is 2.30. The highest BCUT2D eigenvalue weighted by atomic mass is 35.5. The summed E-state index contributed by atoms with van der Waals surface area (Å²) in [5, 5.41) is 0.918. The Balaban J connectivity index is 1.52. The van der Waals surface area contributed by atoms with E-state index in [2.05, 4.69) is 4.98 Å². The molecule has 0 amide bonds. The molecule has 3 atom stereocenters. The fourth-order valence-electron chi connectivity index (χ4n) is 3.46. The zero-order valence-electron chi connectivity index (χ0n) is 17.5. The van der Waals surface area contributed by atoms with Crippen LogP contribution in [0.2, 0.25) is 10.0 Å². The monoisotopic (exact) mass is 504 g/mol. The van der Waals surface area contributed by atoms with Crippen molar-refractivity contribution in [2.75, 3.05) is 6.61 Å². The summed E-state index contributed by atoms with van der Waals surface area (Å²) in [6, 6.07) is 13.4. The Bertz CT molecular complexity index is 1270. The fraction of sp³-hybridized carbons (Fsp3) is 0.217. The molecule has 34 heavy (non-hydrogen) atoms. The molecule has 11 heteroatoms. The minimum atomic E-state index is -1.03. The van der Waals surface area contributed by atoms with Crippen LogP contribution >= 0.6 is 23.2 Å². The summed E-state index contributed by atoms with van der Waals surface area (Å²) in [6.07, 6.45) is -1.64. The van der Waals surface area contributed by atoms with Gasteiger partial charge >= 0.3 is 17.6 Å². The second-order valence-electron chi connectivity index (χ2n) is 7.41. The largest absolute Gasteiger partial charge is 0.459 e. The Hall–Kier alpha value is -3.40. The van der Waals surface area contributed by atoms with Crippen LogP contribution in [0.3, 0.4) is 0 Å². The molecule has 2 heterocycles. The van der Waals surface area contributed by atoms with Gasteiger partial charge < -0.3 is 19.2 Å². The van der Waals surface area contributed by atoms with Gasteiger partial charge in [-0.2, -0.15) is 0 Å². The van der Waals surface area contributed by atoms with E-state index in [1.54, 1.807) is 24.3 Å². The van der Waals surface area contributed by atoms with Crippen molar-refractivity contribution < 1.29 is 23.8 Å².